The van der Waals surface area contributed by atoms with E-state index in [0.29, 0.717) is 6.54 Å². The zero-order valence-corrected chi connectivity index (χ0v) is 18.6. The molecule has 1 unspecified atom stereocenters. The van der Waals surface area contributed by atoms with Gasteiger partial charge in [-0.05, 0) is 18.7 Å². The summed E-state index contributed by atoms with van der Waals surface area (Å²) in [6.45, 7) is 8.84. The van der Waals surface area contributed by atoms with Gasteiger partial charge in [-0.2, -0.15) is 0 Å². The number of rotatable bonds is 11. The summed E-state index contributed by atoms with van der Waals surface area (Å²) in [7, 11) is 0. The van der Waals surface area contributed by atoms with Crippen LogP contribution in [0.2, 0.25) is 0 Å². The summed E-state index contributed by atoms with van der Waals surface area (Å²) in [6, 6.07) is 9.16. The Morgan fingerprint density at radius 3 is 2.55 bits per heavy atom. The number of carbonyl (C=O) groups is 3. The molecule has 1 fully saturated rings. The maximum absolute atomic E-state index is 12.6. The standard InChI is InChI=1S/C22H35N5O4/c1-3-25-14-15-26(4-2)19(16-25)22(30)24-12-10-20(28)27(23)13-11-21(29)31-17-18-8-6-5-7-9-18/h5-9,19H,3-4,10-17,23H2,1-2H3,(H,24,30). The van der Waals surface area contributed by atoms with Crippen molar-refractivity contribution in [1.82, 2.24) is 20.1 Å². The quantitative estimate of drug-likeness (QED) is 0.224. The Labute approximate surface area is 184 Å². The molecule has 1 aliphatic rings. The van der Waals surface area contributed by atoms with Gasteiger partial charge in [-0.15, -0.1) is 0 Å². The molecule has 1 heterocycles. The van der Waals surface area contributed by atoms with E-state index in [4.69, 9.17) is 10.6 Å². The molecule has 1 aliphatic heterocycles. The smallest absolute Gasteiger partial charge is 0.307 e. The number of hydrazine groups is 1. The number of esters is 1. The molecule has 0 radical (unpaired) electrons. The van der Waals surface area contributed by atoms with Crippen LogP contribution in [0.5, 0.6) is 0 Å². The predicted octanol–water partition coefficient (Wildman–Crippen LogP) is 0.355. The molecule has 0 saturated carbocycles. The molecule has 3 N–H and O–H groups in total. The summed E-state index contributed by atoms with van der Waals surface area (Å²) in [6.07, 6.45) is 0.0967. The van der Waals surface area contributed by atoms with Crippen molar-refractivity contribution in [3.8, 4) is 0 Å². The summed E-state index contributed by atoms with van der Waals surface area (Å²) in [5, 5.41) is 3.86. The molecule has 31 heavy (non-hydrogen) atoms. The lowest BCUT2D eigenvalue weighted by molar-refractivity contribution is -0.145. The maximum Gasteiger partial charge on any atom is 0.307 e. The van der Waals surface area contributed by atoms with Gasteiger partial charge in [0.1, 0.15) is 12.6 Å². The van der Waals surface area contributed by atoms with Crippen molar-refractivity contribution in [1.29, 1.82) is 0 Å². The summed E-state index contributed by atoms with van der Waals surface area (Å²) in [4.78, 5) is 41.0. The van der Waals surface area contributed by atoms with Crippen molar-refractivity contribution < 1.29 is 19.1 Å². The van der Waals surface area contributed by atoms with Crippen molar-refractivity contribution >= 4 is 17.8 Å². The molecule has 9 nitrogen and oxygen atoms in total. The number of carbonyl (C=O) groups excluding carboxylic acids is 3. The van der Waals surface area contributed by atoms with Crippen molar-refractivity contribution in [3.63, 3.8) is 0 Å². The molecular weight excluding hydrogens is 398 g/mol. The number of hydrogen-bond donors (Lipinski definition) is 2. The third-order valence-electron chi connectivity index (χ3n) is 5.49. The van der Waals surface area contributed by atoms with Gasteiger partial charge in [0.15, 0.2) is 0 Å². The molecule has 9 heteroatoms. The topological polar surface area (TPSA) is 108 Å². The maximum atomic E-state index is 12.6. The molecule has 172 valence electrons. The molecule has 0 aromatic heterocycles. The van der Waals surface area contributed by atoms with Crippen LogP contribution in [-0.4, -0.2) is 84.4 Å². The van der Waals surface area contributed by atoms with Crippen LogP contribution in [0.3, 0.4) is 0 Å². The summed E-state index contributed by atoms with van der Waals surface area (Å²) in [5.41, 5.74) is 0.897. The summed E-state index contributed by atoms with van der Waals surface area (Å²) < 4.78 is 5.18. The van der Waals surface area contributed by atoms with Crippen molar-refractivity contribution in [2.24, 2.45) is 5.84 Å². The molecule has 1 saturated heterocycles. The van der Waals surface area contributed by atoms with Gasteiger partial charge in [0.2, 0.25) is 11.8 Å². The Bertz CT molecular complexity index is 715. The lowest BCUT2D eigenvalue weighted by Crippen LogP contribution is -2.58. The Balaban J connectivity index is 1.65. The van der Waals surface area contributed by atoms with Crippen LogP contribution in [0.4, 0.5) is 0 Å². The molecule has 0 aliphatic carbocycles. The fraction of sp³-hybridized carbons (Fsp3) is 0.591. The molecule has 2 amide bonds. The Morgan fingerprint density at radius 2 is 1.87 bits per heavy atom. The molecule has 1 aromatic rings. The fourth-order valence-electron chi connectivity index (χ4n) is 3.49. The molecule has 1 atom stereocenters. The average Bonchev–Trinajstić information content (AvgIpc) is 2.81. The number of nitrogens with two attached hydrogens (primary N) is 1. The van der Waals surface area contributed by atoms with Gasteiger partial charge >= 0.3 is 5.97 Å². The number of piperazine rings is 1. The van der Waals surface area contributed by atoms with Gasteiger partial charge in [0.05, 0.1) is 6.42 Å². The van der Waals surface area contributed by atoms with Crippen LogP contribution in [-0.2, 0) is 25.7 Å². The van der Waals surface area contributed by atoms with E-state index >= 15 is 0 Å². The number of nitrogens with zero attached hydrogens (tertiary/aromatic N) is 3. The normalized spacial score (nSPS) is 17.2. The highest BCUT2D eigenvalue weighted by molar-refractivity contribution is 5.83. The number of ether oxygens (including phenoxy) is 1. The first kappa shape index (κ1) is 24.8. The highest BCUT2D eigenvalue weighted by atomic mass is 16.5. The summed E-state index contributed by atoms with van der Waals surface area (Å²) >= 11 is 0. The number of amides is 2. The second kappa shape index (κ2) is 13.0. The average molecular weight is 434 g/mol. The van der Waals surface area contributed by atoms with Crippen molar-refractivity contribution in [2.75, 3.05) is 45.8 Å². The zero-order chi connectivity index (χ0) is 22.6. The van der Waals surface area contributed by atoms with E-state index < -0.39 is 5.97 Å². The van der Waals surface area contributed by atoms with E-state index in [1.165, 1.54) is 0 Å². The van der Waals surface area contributed by atoms with Crippen molar-refractivity contribution in [3.05, 3.63) is 35.9 Å². The van der Waals surface area contributed by atoms with Gasteiger partial charge in [0, 0.05) is 39.1 Å². The van der Waals surface area contributed by atoms with Crippen molar-refractivity contribution in [2.45, 2.75) is 39.3 Å². The third-order valence-corrected chi connectivity index (χ3v) is 5.49. The minimum atomic E-state index is -0.419. The van der Waals surface area contributed by atoms with Gasteiger partial charge in [0.25, 0.3) is 0 Å². The van der Waals surface area contributed by atoms with E-state index in [2.05, 4.69) is 22.0 Å². The van der Waals surface area contributed by atoms with E-state index in [1.54, 1.807) is 0 Å². The van der Waals surface area contributed by atoms with Gasteiger partial charge in [-0.3, -0.25) is 24.3 Å². The monoisotopic (exact) mass is 433 g/mol. The predicted molar refractivity (Wildman–Crippen MR) is 118 cm³/mol. The number of benzene rings is 1. The van der Waals surface area contributed by atoms with E-state index in [1.807, 2.05) is 37.3 Å². The second-order valence-electron chi connectivity index (χ2n) is 7.56. The number of likely N-dealkylation sites (N-methyl/N-ethyl adjacent to an activating group) is 2. The van der Waals surface area contributed by atoms with E-state index in [9.17, 15) is 14.4 Å². The van der Waals surface area contributed by atoms with Gasteiger partial charge in [-0.25, -0.2) is 5.84 Å². The number of nitrogens with one attached hydrogen (secondary N) is 1. The van der Waals surface area contributed by atoms with Gasteiger partial charge in [-0.1, -0.05) is 44.2 Å². The third kappa shape index (κ3) is 8.28. The first-order chi connectivity index (χ1) is 14.9. The molecular formula is C22H35N5O4. The van der Waals surface area contributed by atoms with Crippen LogP contribution < -0.4 is 11.2 Å². The SMILES string of the molecule is CCN1CCN(CC)C(C(=O)NCCC(=O)N(N)CCC(=O)OCc2ccccc2)C1. The molecule has 2 rings (SSSR count). The van der Waals surface area contributed by atoms with Crippen LogP contribution in [0.25, 0.3) is 0 Å². The number of hydrogen-bond acceptors (Lipinski definition) is 7. The van der Waals surface area contributed by atoms with Crippen LogP contribution in [0.1, 0.15) is 32.3 Å². The van der Waals surface area contributed by atoms with Crippen LogP contribution in [0.15, 0.2) is 30.3 Å². The first-order valence-corrected chi connectivity index (χ1v) is 10.9. The Morgan fingerprint density at radius 1 is 1.13 bits per heavy atom. The van der Waals surface area contributed by atoms with Crippen LogP contribution in [0, 0.1) is 0 Å². The lowest BCUT2D eigenvalue weighted by atomic mass is 10.1. The minimum absolute atomic E-state index is 0.0157. The fourth-order valence-corrected chi connectivity index (χ4v) is 3.49. The van der Waals surface area contributed by atoms with Gasteiger partial charge < -0.3 is 15.0 Å². The van der Waals surface area contributed by atoms with Crippen LogP contribution >= 0.6 is 0 Å². The Kier molecular flexibility index (Phi) is 10.4. The van der Waals surface area contributed by atoms with E-state index in [0.717, 1.165) is 36.8 Å². The second-order valence-corrected chi connectivity index (χ2v) is 7.56. The highest BCUT2D eigenvalue weighted by Crippen LogP contribution is 2.09. The molecule has 1 aromatic carbocycles. The largest absolute Gasteiger partial charge is 0.461 e. The first-order valence-electron chi connectivity index (χ1n) is 10.9. The zero-order valence-electron chi connectivity index (χ0n) is 18.6. The molecule has 0 bridgehead atoms. The minimum Gasteiger partial charge on any atom is -0.461 e. The van der Waals surface area contributed by atoms with E-state index in [-0.39, 0.29) is 50.4 Å². The lowest BCUT2D eigenvalue weighted by Gasteiger charge is -2.39. The molecule has 0 spiro atoms. The Hall–Kier alpha value is -2.49. The highest BCUT2D eigenvalue weighted by Gasteiger charge is 2.30. The summed E-state index contributed by atoms with van der Waals surface area (Å²) in [5.74, 6) is 4.94.